The topological polar surface area (TPSA) is 118 Å². The molecule has 110 valence electrons. The molecule has 0 radical (unpaired) electrons. The van der Waals surface area contributed by atoms with Gasteiger partial charge in [-0.15, -0.1) is 0 Å². The maximum Gasteiger partial charge on any atom is 0.382 e. The van der Waals surface area contributed by atoms with Gasteiger partial charge in [0.05, 0.1) is 18.6 Å². The van der Waals surface area contributed by atoms with Crippen molar-refractivity contribution in [3.05, 3.63) is 40.1 Å². The monoisotopic (exact) mass is 291 g/mol. The Hall–Kier alpha value is -2.90. The molecule has 8 nitrogen and oxygen atoms in total. The van der Waals surface area contributed by atoms with Gasteiger partial charge in [-0.05, 0) is 34.5 Å². The summed E-state index contributed by atoms with van der Waals surface area (Å²) in [6.45, 7) is 1.53. The van der Waals surface area contributed by atoms with Gasteiger partial charge in [0.15, 0.2) is 0 Å². The number of carbonyl (C=O) groups is 1. The van der Waals surface area contributed by atoms with Crippen molar-refractivity contribution < 1.29 is 19.6 Å². The summed E-state index contributed by atoms with van der Waals surface area (Å²) in [6, 6.07) is 4.84. The van der Waals surface area contributed by atoms with Crippen LogP contribution in [0.4, 0.5) is 5.82 Å². The number of hydrogen-bond donors (Lipinski definition) is 2. The average molecular weight is 291 g/mol. The van der Waals surface area contributed by atoms with E-state index in [1.54, 1.807) is 18.2 Å². The first kappa shape index (κ1) is 14.5. The minimum Gasteiger partial charge on any atom is -0.497 e. The molecule has 0 aliphatic rings. The summed E-state index contributed by atoms with van der Waals surface area (Å²) >= 11 is 0. The van der Waals surface area contributed by atoms with E-state index in [1.807, 2.05) is 0 Å². The summed E-state index contributed by atoms with van der Waals surface area (Å²) in [7, 11) is 1.48. The molecule has 0 unspecified atom stereocenters. The summed E-state index contributed by atoms with van der Waals surface area (Å²) < 4.78 is 5.10. The minimum absolute atomic E-state index is 0.226. The zero-order valence-corrected chi connectivity index (χ0v) is 11.4. The molecule has 21 heavy (non-hydrogen) atoms. The van der Waals surface area contributed by atoms with Crippen molar-refractivity contribution in [1.82, 2.24) is 9.97 Å². The summed E-state index contributed by atoms with van der Waals surface area (Å²) in [5, 5.41) is 19.9. The SMILES string of the molecule is COc1ccc([C@@H](C)C(=O)O)c(-c2nc([N+](=O)[O-])c[nH]2)c1. The Bertz CT molecular complexity index is 695. The van der Waals surface area contributed by atoms with Gasteiger partial charge in [0.2, 0.25) is 0 Å². The Balaban J connectivity index is 2.57. The fourth-order valence-corrected chi connectivity index (χ4v) is 1.92. The smallest absolute Gasteiger partial charge is 0.382 e. The van der Waals surface area contributed by atoms with E-state index >= 15 is 0 Å². The van der Waals surface area contributed by atoms with E-state index in [4.69, 9.17) is 9.84 Å². The second-order valence-corrected chi connectivity index (χ2v) is 4.38. The van der Waals surface area contributed by atoms with E-state index in [9.17, 15) is 14.9 Å². The third kappa shape index (κ3) is 2.83. The maximum atomic E-state index is 11.2. The molecule has 1 aromatic heterocycles. The number of hydrogen-bond acceptors (Lipinski definition) is 5. The van der Waals surface area contributed by atoms with E-state index in [2.05, 4.69) is 9.97 Å². The van der Waals surface area contributed by atoms with Crippen LogP contribution in [0.2, 0.25) is 0 Å². The normalized spacial score (nSPS) is 11.9. The minimum atomic E-state index is -0.998. The molecule has 0 saturated heterocycles. The van der Waals surface area contributed by atoms with Crippen molar-refractivity contribution in [1.29, 1.82) is 0 Å². The Morgan fingerprint density at radius 3 is 2.76 bits per heavy atom. The zero-order valence-electron chi connectivity index (χ0n) is 11.4. The molecular formula is C13H13N3O5. The number of methoxy groups -OCH3 is 1. The highest BCUT2D eigenvalue weighted by Gasteiger charge is 2.24. The molecule has 0 fully saturated rings. The molecule has 0 spiro atoms. The van der Waals surface area contributed by atoms with Gasteiger partial charge >= 0.3 is 11.8 Å². The number of aromatic nitrogens is 2. The number of H-pyrrole nitrogens is 1. The number of nitrogens with one attached hydrogen (secondary N) is 1. The molecule has 0 bridgehead atoms. The van der Waals surface area contributed by atoms with Crippen molar-refractivity contribution in [3.63, 3.8) is 0 Å². The number of nitro groups is 1. The van der Waals surface area contributed by atoms with Crippen LogP contribution in [0.25, 0.3) is 11.4 Å². The van der Waals surface area contributed by atoms with Crippen molar-refractivity contribution in [2.24, 2.45) is 0 Å². The molecule has 0 aliphatic heterocycles. The summed E-state index contributed by atoms with van der Waals surface area (Å²) in [6.07, 6.45) is 1.16. The molecular weight excluding hydrogens is 278 g/mol. The fourth-order valence-electron chi connectivity index (χ4n) is 1.92. The fraction of sp³-hybridized carbons (Fsp3) is 0.231. The van der Waals surface area contributed by atoms with Crippen molar-refractivity contribution in [3.8, 4) is 17.1 Å². The van der Waals surface area contributed by atoms with Gasteiger partial charge < -0.3 is 24.9 Å². The lowest BCUT2D eigenvalue weighted by atomic mass is 9.95. The van der Waals surface area contributed by atoms with Crippen LogP contribution in [-0.2, 0) is 4.79 Å². The number of aliphatic carboxylic acids is 1. The first-order chi connectivity index (χ1) is 9.93. The van der Waals surface area contributed by atoms with Crippen LogP contribution >= 0.6 is 0 Å². The highest BCUT2D eigenvalue weighted by Crippen LogP contribution is 2.32. The highest BCUT2D eigenvalue weighted by molar-refractivity contribution is 5.80. The Morgan fingerprint density at radius 1 is 1.52 bits per heavy atom. The van der Waals surface area contributed by atoms with Crippen molar-refractivity contribution >= 4 is 11.8 Å². The van der Waals surface area contributed by atoms with Crippen LogP contribution in [0.1, 0.15) is 18.4 Å². The third-order valence-electron chi connectivity index (χ3n) is 3.10. The Kier molecular flexibility index (Phi) is 3.88. The van der Waals surface area contributed by atoms with Gasteiger partial charge in [0, 0.05) is 0 Å². The van der Waals surface area contributed by atoms with E-state index in [1.165, 1.54) is 14.0 Å². The Morgan fingerprint density at radius 2 is 2.24 bits per heavy atom. The number of aromatic amines is 1. The number of benzene rings is 1. The molecule has 0 aliphatic carbocycles. The maximum absolute atomic E-state index is 11.2. The van der Waals surface area contributed by atoms with Crippen LogP contribution < -0.4 is 4.74 Å². The van der Waals surface area contributed by atoms with Gasteiger partial charge in [0.1, 0.15) is 11.9 Å². The molecule has 1 heterocycles. The lowest BCUT2D eigenvalue weighted by Gasteiger charge is -2.11. The number of rotatable bonds is 5. The lowest BCUT2D eigenvalue weighted by Crippen LogP contribution is -2.09. The van der Waals surface area contributed by atoms with E-state index in [0.29, 0.717) is 16.9 Å². The second kappa shape index (κ2) is 5.61. The van der Waals surface area contributed by atoms with E-state index in [-0.39, 0.29) is 11.6 Å². The highest BCUT2D eigenvalue weighted by atomic mass is 16.6. The molecule has 2 N–H and O–H groups in total. The van der Waals surface area contributed by atoms with Crippen LogP contribution in [0, 0.1) is 10.1 Å². The van der Waals surface area contributed by atoms with Gasteiger partial charge in [-0.1, -0.05) is 6.07 Å². The first-order valence-corrected chi connectivity index (χ1v) is 6.05. The van der Waals surface area contributed by atoms with Crippen molar-refractivity contribution in [2.75, 3.05) is 7.11 Å². The predicted octanol–water partition coefficient (Wildman–Crippen LogP) is 2.18. The number of nitrogens with zero attached hydrogens (tertiary/aromatic N) is 2. The van der Waals surface area contributed by atoms with Crippen LogP contribution in [-0.4, -0.2) is 33.1 Å². The zero-order chi connectivity index (χ0) is 15.6. The molecule has 1 atom stereocenters. The van der Waals surface area contributed by atoms with Crippen LogP contribution in [0.15, 0.2) is 24.4 Å². The summed E-state index contributed by atoms with van der Waals surface area (Å²) in [4.78, 5) is 27.8. The largest absolute Gasteiger partial charge is 0.497 e. The van der Waals surface area contributed by atoms with Gasteiger partial charge in [-0.3, -0.25) is 4.79 Å². The van der Waals surface area contributed by atoms with E-state index < -0.39 is 16.8 Å². The van der Waals surface area contributed by atoms with Crippen LogP contribution in [0.5, 0.6) is 5.75 Å². The molecule has 2 aromatic rings. The molecule has 0 amide bonds. The van der Waals surface area contributed by atoms with Crippen molar-refractivity contribution in [2.45, 2.75) is 12.8 Å². The Labute approximate surface area is 119 Å². The van der Waals surface area contributed by atoms with Gasteiger partial charge in [0.25, 0.3) is 5.82 Å². The number of carboxylic acids is 1. The third-order valence-corrected chi connectivity index (χ3v) is 3.10. The van der Waals surface area contributed by atoms with Gasteiger partial charge in [-0.2, -0.15) is 0 Å². The molecule has 0 saturated carbocycles. The quantitative estimate of drug-likeness (QED) is 0.643. The molecule has 1 aromatic carbocycles. The first-order valence-electron chi connectivity index (χ1n) is 6.05. The molecule has 2 rings (SSSR count). The lowest BCUT2D eigenvalue weighted by molar-refractivity contribution is -0.389. The average Bonchev–Trinajstić information content (AvgIpc) is 2.95. The second-order valence-electron chi connectivity index (χ2n) is 4.38. The molecule has 8 heteroatoms. The summed E-state index contributed by atoms with van der Waals surface area (Å²) in [5.41, 5.74) is 0.949. The predicted molar refractivity (Wildman–Crippen MR) is 73.3 cm³/mol. The number of carboxylic acid groups (broad SMARTS) is 1. The van der Waals surface area contributed by atoms with Crippen LogP contribution in [0.3, 0.4) is 0 Å². The summed E-state index contributed by atoms with van der Waals surface area (Å²) in [5.74, 6) is -1.38. The van der Waals surface area contributed by atoms with Gasteiger partial charge in [-0.25, -0.2) is 0 Å². The standard InChI is InChI=1S/C13H13N3O5/c1-7(13(17)18)9-4-3-8(21-2)5-10(9)12-14-6-11(15-12)16(19)20/h3-7H,1-2H3,(H,14,15)(H,17,18)/t7-/m1/s1. The number of ether oxygens (including phenoxy) is 1. The number of imidazole rings is 1. The van der Waals surface area contributed by atoms with E-state index in [0.717, 1.165) is 6.20 Å².